The van der Waals surface area contributed by atoms with Crippen LogP contribution < -0.4 is 5.32 Å². The zero-order valence-electron chi connectivity index (χ0n) is 26.0. The molecule has 3 aliphatic carbocycles. The molecule has 0 unspecified atom stereocenters. The van der Waals surface area contributed by atoms with Gasteiger partial charge in [0.05, 0.1) is 11.0 Å². The second-order valence-corrected chi connectivity index (χ2v) is 26.1. The predicted molar refractivity (Wildman–Crippen MR) is 167 cm³/mol. The molecule has 0 saturated heterocycles. The lowest BCUT2D eigenvalue weighted by Crippen LogP contribution is -2.41. The van der Waals surface area contributed by atoms with Crippen LogP contribution in [-0.2, 0) is 29.4 Å². The van der Waals surface area contributed by atoms with Crippen molar-refractivity contribution in [3.05, 3.63) is 29.0 Å². The van der Waals surface area contributed by atoms with E-state index in [1.807, 2.05) is 15.3 Å². The molecule has 6 rings (SSSR count). The fourth-order valence-electron chi connectivity index (χ4n) is 6.22. The largest absolute Gasteiger partial charge is 0.388 e. The average molecular weight is 604 g/mol. The van der Waals surface area contributed by atoms with Crippen LogP contribution in [0, 0.1) is 5.41 Å². The molecule has 0 atom stereocenters. The summed E-state index contributed by atoms with van der Waals surface area (Å²) in [5.41, 5.74) is 5.00. The van der Waals surface area contributed by atoms with E-state index in [1.165, 1.54) is 17.3 Å². The number of rotatable bonds is 13. The Labute approximate surface area is 245 Å². The number of nitrogens with one attached hydrogen (secondary N) is 1. The number of nitrogens with zero attached hydrogens (tertiary/aromatic N) is 4. The van der Waals surface area contributed by atoms with Gasteiger partial charge in [-0.25, -0.2) is 18.4 Å². The van der Waals surface area contributed by atoms with Crippen LogP contribution in [-0.4, -0.2) is 55.7 Å². The van der Waals surface area contributed by atoms with Gasteiger partial charge in [0, 0.05) is 58.9 Å². The van der Waals surface area contributed by atoms with Crippen LogP contribution in [0.1, 0.15) is 48.9 Å². The molecule has 7 nitrogen and oxygen atoms in total. The lowest BCUT2D eigenvalue weighted by molar-refractivity contribution is 0.0639. The van der Waals surface area contributed by atoms with Gasteiger partial charge in [0.15, 0.2) is 5.82 Å². The zero-order valence-corrected chi connectivity index (χ0v) is 28.0. The van der Waals surface area contributed by atoms with Crippen LogP contribution in [0.3, 0.4) is 0 Å². The van der Waals surface area contributed by atoms with Crippen LogP contribution >= 0.6 is 0 Å². The first kappa shape index (κ1) is 30.4. The van der Waals surface area contributed by atoms with E-state index < -0.39 is 22.6 Å². The third-order valence-corrected chi connectivity index (χ3v) is 12.0. The minimum atomic E-state index is -2.65. The number of hydrogen-bond donors (Lipinski definition) is 1. The first-order valence-electron chi connectivity index (χ1n) is 14.9. The Balaban J connectivity index is 1.58. The van der Waals surface area contributed by atoms with Crippen molar-refractivity contribution in [2.75, 3.05) is 25.6 Å². The van der Waals surface area contributed by atoms with Crippen molar-refractivity contribution in [1.82, 2.24) is 19.3 Å². The molecular formula is C30H47F2N5O2Si2. The van der Waals surface area contributed by atoms with Crippen LogP contribution in [0.25, 0.3) is 22.6 Å². The highest BCUT2D eigenvalue weighted by molar-refractivity contribution is 6.76. The summed E-state index contributed by atoms with van der Waals surface area (Å²) in [4.78, 5) is 4.90. The third kappa shape index (κ3) is 6.47. The van der Waals surface area contributed by atoms with Crippen LogP contribution in [0.5, 0.6) is 0 Å². The van der Waals surface area contributed by atoms with Gasteiger partial charge in [-0.2, -0.15) is 5.10 Å². The predicted octanol–water partition coefficient (Wildman–Crippen LogP) is 7.94. The standard InChI is InChI=1S/C30H47F2N5O2Si2/c1-30-15-20(16-30)25-24(17-30)37(19-39-10-12-41(6,7)8)35-27(25)29-34-26-22(28(31)32)13-21(33-2)14-23(26)36(29)18-38-9-11-40(3,4)5/h13-14,20,28,33H,9-12,15-19H2,1-8H3. The molecule has 1 N–H and O–H groups in total. The lowest BCUT2D eigenvalue weighted by atomic mass is 9.54. The Hall–Kier alpha value is -2.09. The third-order valence-electron chi connectivity index (χ3n) is 8.62. The minimum Gasteiger partial charge on any atom is -0.388 e. The van der Waals surface area contributed by atoms with E-state index in [2.05, 4.69) is 51.5 Å². The van der Waals surface area contributed by atoms with Crippen molar-refractivity contribution in [3.63, 3.8) is 0 Å². The summed E-state index contributed by atoms with van der Waals surface area (Å²) in [7, 11) is -0.755. The van der Waals surface area contributed by atoms with Crippen LogP contribution in [0.4, 0.5) is 14.5 Å². The number of ether oxygens (including phenoxy) is 2. The first-order chi connectivity index (χ1) is 19.2. The Morgan fingerprint density at radius 3 is 2.24 bits per heavy atom. The highest BCUT2D eigenvalue weighted by atomic mass is 28.3. The van der Waals surface area contributed by atoms with E-state index in [0.29, 0.717) is 48.4 Å². The summed E-state index contributed by atoms with van der Waals surface area (Å²) in [5, 5.41) is 8.16. The van der Waals surface area contributed by atoms with Gasteiger partial charge < -0.3 is 14.8 Å². The Bertz CT molecular complexity index is 1400. The fourth-order valence-corrected chi connectivity index (χ4v) is 7.73. The molecule has 2 aromatic heterocycles. The second-order valence-electron chi connectivity index (χ2n) is 14.8. The molecule has 0 amide bonds. The summed E-state index contributed by atoms with van der Waals surface area (Å²) >= 11 is 0. The van der Waals surface area contributed by atoms with E-state index in [1.54, 1.807) is 7.05 Å². The van der Waals surface area contributed by atoms with Crippen molar-refractivity contribution < 1.29 is 18.3 Å². The highest BCUT2D eigenvalue weighted by Gasteiger charge is 2.50. The Kier molecular flexibility index (Phi) is 8.30. The van der Waals surface area contributed by atoms with Crippen LogP contribution in [0.15, 0.2) is 12.1 Å². The molecule has 2 bridgehead atoms. The fraction of sp³-hybridized carbons (Fsp3) is 0.667. The number of aromatic nitrogens is 4. The number of halogens is 2. The molecule has 1 saturated carbocycles. The highest BCUT2D eigenvalue weighted by Crippen LogP contribution is 2.59. The molecule has 226 valence electrons. The zero-order chi connectivity index (χ0) is 29.7. The van der Waals surface area contributed by atoms with E-state index in [-0.39, 0.29) is 17.7 Å². The van der Waals surface area contributed by atoms with Crippen molar-refractivity contribution in [2.45, 2.75) is 103 Å². The van der Waals surface area contributed by atoms with E-state index in [0.717, 1.165) is 37.0 Å². The summed E-state index contributed by atoms with van der Waals surface area (Å²) in [5.74, 6) is 1.01. The van der Waals surface area contributed by atoms with Crippen molar-refractivity contribution in [3.8, 4) is 11.5 Å². The molecule has 0 aliphatic heterocycles. The van der Waals surface area contributed by atoms with Crippen molar-refractivity contribution in [2.24, 2.45) is 5.41 Å². The maximum atomic E-state index is 14.3. The summed E-state index contributed by atoms with van der Waals surface area (Å²) in [6, 6.07) is 5.51. The molecule has 0 radical (unpaired) electrons. The number of benzene rings is 1. The maximum absolute atomic E-state index is 14.3. The molecule has 1 aromatic carbocycles. The molecule has 41 heavy (non-hydrogen) atoms. The normalized spacial score (nSPS) is 20.5. The quantitative estimate of drug-likeness (QED) is 0.159. The van der Waals surface area contributed by atoms with Gasteiger partial charge in [0.25, 0.3) is 6.43 Å². The molecule has 11 heteroatoms. The topological polar surface area (TPSA) is 66.1 Å². The number of anilines is 1. The van der Waals surface area contributed by atoms with Gasteiger partial charge in [-0.15, -0.1) is 0 Å². The molecule has 1 fully saturated rings. The molecule has 3 aromatic rings. The van der Waals surface area contributed by atoms with Gasteiger partial charge in [0.1, 0.15) is 19.2 Å². The molecule has 2 heterocycles. The van der Waals surface area contributed by atoms with Gasteiger partial charge in [-0.3, -0.25) is 4.57 Å². The molecular weight excluding hydrogens is 557 g/mol. The van der Waals surface area contributed by atoms with Gasteiger partial charge in [-0.05, 0) is 54.8 Å². The molecule has 3 aliphatic rings. The van der Waals surface area contributed by atoms with Gasteiger partial charge >= 0.3 is 0 Å². The van der Waals surface area contributed by atoms with E-state index >= 15 is 0 Å². The van der Waals surface area contributed by atoms with E-state index in [9.17, 15) is 8.78 Å². The second kappa shape index (κ2) is 11.2. The van der Waals surface area contributed by atoms with Crippen LogP contribution in [0.2, 0.25) is 51.4 Å². The van der Waals surface area contributed by atoms with E-state index in [4.69, 9.17) is 19.6 Å². The molecule has 0 spiro atoms. The van der Waals surface area contributed by atoms with Gasteiger partial charge in [0.2, 0.25) is 0 Å². The monoisotopic (exact) mass is 603 g/mol. The Morgan fingerprint density at radius 1 is 1.02 bits per heavy atom. The SMILES string of the molecule is CNc1cc(C(F)F)c2nc(-c3nn(COCC[Si](C)(C)C)c4c3C3CC(C)(C4)C3)n(COCC[Si](C)(C)C)c2c1. The Morgan fingerprint density at radius 2 is 1.66 bits per heavy atom. The first-order valence-corrected chi connectivity index (χ1v) is 22.3. The van der Waals surface area contributed by atoms with Gasteiger partial charge in [-0.1, -0.05) is 46.2 Å². The lowest BCUT2D eigenvalue weighted by Gasteiger charge is -2.50. The van der Waals surface area contributed by atoms with Crippen molar-refractivity contribution in [1.29, 1.82) is 0 Å². The summed E-state index contributed by atoms with van der Waals surface area (Å²) in [6.07, 6.45) is 0.540. The summed E-state index contributed by atoms with van der Waals surface area (Å²) in [6.45, 7) is 18.3. The van der Waals surface area contributed by atoms with Crippen molar-refractivity contribution >= 4 is 32.9 Å². The number of hydrogen-bond acceptors (Lipinski definition) is 5. The number of fused-ring (bicyclic) bond motifs is 1. The average Bonchev–Trinajstić information content (AvgIpc) is 3.40. The summed E-state index contributed by atoms with van der Waals surface area (Å²) < 4.78 is 44.9. The number of imidazole rings is 1. The minimum absolute atomic E-state index is 0.0758. The maximum Gasteiger partial charge on any atom is 0.266 e. The number of alkyl halides is 2. The smallest absolute Gasteiger partial charge is 0.266 e.